The molecule has 0 radical (unpaired) electrons. The van der Waals surface area contributed by atoms with E-state index in [0.29, 0.717) is 11.4 Å². The predicted octanol–water partition coefficient (Wildman–Crippen LogP) is 2.62. The average molecular weight is 309 g/mol. The molecule has 2 rings (SSSR count). The van der Waals surface area contributed by atoms with Crippen molar-refractivity contribution in [2.45, 2.75) is 6.42 Å². The molecule has 1 heterocycles. The van der Waals surface area contributed by atoms with Crippen molar-refractivity contribution in [3.05, 3.63) is 46.2 Å². The molecule has 0 amide bonds. The number of rotatable bonds is 4. The number of Topliss-reactive ketones (excluding diaryl/α,β-unsaturated/α-hetero) is 1. The van der Waals surface area contributed by atoms with Gasteiger partial charge in [0.25, 0.3) is 0 Å². The summed E-state index contributed by atoms with van der Waals surface area (Å²) < 4.78 is 7.78. The summed E-state index contributed by atoms with van der Waals surface area (Å²) in [6.45, 7) is 0. The first-order chi connectivity index (χ1) is 8.60. The molecule has 0 saturated carbocycles. The van der Waals surface area contributed by atoms with Crippen molar-refractivity contribution in [1.29, 1.82) is 0 Å². The van der Waals surface area contributed by atoms with E-state index in [1.54, 1.807) is 31.1 Å². The summed E-state index contributed by atoms with van der Waals surface area (Å²) in [4.78, 5) is 12.1. The maximum atomic E-state index is 12.1. The van der Waals surface area contributed by atoms with Gasteiger partial charge in [-0.2, -0.15) is 5.10 Å². The second-order valence-corrected chi connectivity index (χ2v) is 4.85. The number of ether oxygens (including phenoxy) is 1. The molecule has 1 aromatic heterocycles. The Balaban J connectivity index is 2.23. The number of aryl methyl sites for hydroxylation is 1. The van der Waals surface area contributed by atoms with Gasteiger partial charge in [0.15, 0.2) is 5.78 Å². The van der Waals surface area contributed by atoms with Crippen LogP contribution < -0.4 is 4.74 Å². The number of ketones is 1. The van der Waals surface area contributed by atoms with Crippen LogP contribution in [0.25, 0.3) is 0 Å². The highest BCUT2D eigenvalue weighted by Gasteiger charge is 2.13. The molecule has 0 aliphatic rings. The molecule has 0 bridgehead atoms. The molecular formula is C13H13BrN2O2. The van der Waals surface area contributed by atoms with E-state index in [0.717, 1.165) is 10.0 Å². The zero-order valence-electron chi connectivity index (χ0n) is 10.2. The summed E-state index contributed by atoms with van der Waals surface area (Å²) in [7, 11) is 3.38. The lowest BCUT2D eigenvalue weighted by Gasteiger charge is -2.07. The van der Waals surface area contributed by atoms with Crippen molar-refractivity contribution in [1.82, 2.24) is 9.78 Å². The van der Waals surface area contributed by atoms with Gasteiger partial charge in [-0.1, -0.05) is 15.9 Å². The van der Waals surface area contributed by atoms with Gasteiger partial charge in [-0.25, -0.2) is 0 Å². The Kier molecular flexibility index (Phi) is 3.81. The van der Waals surface area contributed by atoms with E-state index in [1.807, 2.05) is 18.2 Å². The van der Waals surface area contributed by atoms with E-state index in [1.165, 1.54) is 0 Å². The summed E-state index contributed by atoms with van der Waals surface area (Å²) in [5.74, 6) is 0.689. The van der Waals surface area contributed by atoms with Crippen LogP contribution in [0.2, 0.25) is 0 Å². The predicted molar refractivity (Wildman–Crippen MR) is 71.9 cm³/mol. The fraction of sp³-hybridized carbons (Fsp3) is 0.231. The molecule has 0 unspecified atom stereocenters. The minimum atomic E-state index is -0.0213. The molecule has 94 valence electrons. The normalized spacial score (nSPS) is 10.4. The molecule has 0 atom stereocenters. The third-order valence-corrected chi connectivity index (χ3v) is 3.09. The monoisotopic (exact) mass is 308 g/mol. The highest BCUT2D eigenvalue weighted by molar-refractivity contribution is 9.10. The van der Waals surface area contributed by atoms with Gasteiger partial charge in [0.1, 0.15) is 11.4 Å². The van der Waals surface area contributed by atoms with Gasteiger partial charge in [0.2, 0.25) is 0 Å². The van der Waals surface area contributed by atoms with Crippen LogP contribution in [0.4, 0.5) is 0 Å². The second kappa shape index (κ2) is 5.35. The lowest BCUT2D eigenvalue weighted by Crippen LogP contribution is -2.06. The van der Waals surface area contributed by atoms with Crippen LogP contribution in [0.5, 0.6) is 5.75 Å². The number of nitrogens with zero attached hydrogens (tertiary/aromatic N) is 2. The maximum Gasteiger partial charge on any atom is 0.187 e. The summed E-state index contributed by atoms with van der Waals surface area (Å²) in [6.07, 6.45) is 2.03. The van der Waals surface area contributed by atoms with Gasteiger partial charge in [-0.15, -0.1) is 0 Å². The van der Waals surface area contributed by atoms with Gasteiger partial charge in [0.05, 0.1) is 7.11 Å². The van der Waals surface area contributed by atoms with E-state index < -0.39 is 0 Å². The van der Waals surface area contributed by atoms with Crippen molar-refractivity contribution < 1.29 is 9.53 Å². The number of hydrogen-bond acceptors (Lipinski definition) is 3. The minimum absolute atomic E-state index is 0.0213. The lowest BCUT2D eigenvalue weighted by atomic mass is 10.1. The van der Waals surface area contributed by atoms with Crippen LogP contribution >= 0.6 is 15.9 Å². The zero-order valence-corrected chi connectivity index (χ0v) is 11.8. The Morgan fingerprint density at radius 2 is 2.22 bits per heavy atom. The topological polar surface area (TPSA) is 44.1 Å². The van der Waals surface area contributed by atoms with Crippen LogP contribution in [0, 0.1) is 0 Å². The van der Waals surface area contributed by atoms with Crippen molar-refractivity contribution in [3.63, 3.8) is 0 Å². The van der Waals surface area contributed by atoms with Crippen LogP contribution in [0.1, 0.15) is 16.1 Å². The smallest absolute Gasteiger partial charge is 0.187 e. The molecule has 0 aliphatic carbocycles. The Hall–Kier alpha value is -1.62. The van der Waals surface area contributed by atoms with Crippen molar-refractivity contribution in [2.75, 3.05) is 7.11 Å². The average Bonchev–Trinajstić information content (AvgIpc) is 2.76. The minimum Gasteiger partial charge on any atom is -0.496 e. The van der Waals surface area contributed by atoms with Gasteiger partial charge < -0.3 is 4.74 Å². The van der Waals surface area contributed by atoms with Gasteiger partial charge >= 0.3 is 0 Å². The van der Waals surface area contributed by atoms with Crippen molar-refractivity contribution >= 4 is 21.7 Å². The summed E-state index contributed by atoms with van der Waals surface area (Å²) in [5.41, 5.74) is 1.32. The fourth-order valence-corrected chi connectivity index (χ4v) is 2.12. The molecule has 5 heteroatoms. The number of aromatic nitrogens is 2. The Morgan fingerprint density at radius 1 is 1.44 bits per heavy atom. The van der Waals surface area contributed by atoms with E-state index >= 15 is 0 Å². The molecule has 1 aromatic carbocycles. The number of hydrogen-bond donors (Lipinski definition) is 0. The molecule has 0 aliphatic heterocycles. The van der Waals surface area contributed by atoms with Gasteiger partial charge in [0, 0.05) is 29.7 Å². The summed E-state index contributed by atoms with van der Waals surface area (Å²) in [5, 5.41) is 4.10. The van der Waals surface area contributed by atoms with E-state index in [4.69, 9.17) is 4.74 Å². The molecule has 0 fully saturated rings. The number of benzene rings is 1. The molecule has 18 heavy (non-hydrogen) atoms. The highest BCUT2D eigenvalue weighted by atomic mass is 79.9. The van der Waals surface area contributed by atoms with Crippen molar-refractivity contribution in [2.24, 2.45) is 7.05 Å². The molecule has 0 spiro atoms. The van der Waals surface area contributed by atoms with Gasteiger partial charge in [-0.05, 0) is 24.3 Å². The first-order valence-corrected chi connectivity index (χ1v) is 6.24. The quantitative estimate of drug-likeness (QED) is 0.816. The van der Waals surface area contributed by atoms with Crippen LogP contribution in [-0.2, 0) is 13.5 Å². The maximum absolute atomic E-state index is 12.1. The number of halogens is 1. The first kappa shape index (κ1) is 12.8. The SMILES string of the molecule is COc1ccc(Br)cc1CC(=O)c1ccn(C)n1. The van der Waals surface area contributed by atoms with Gasteiger partial charge in [-0.3, -0.25) is 9.48 Å². The standard InChI is InChI=1S/C13H13BrN2O2/c1-16-6-5-11(15-16)12(17)8-9-7-10(14)3-4-13(9)18-2/h3-7H,8H2,1-2H3. The number of methoxy groups -OCH3 is 1. The highest BCUT2D eigenvalue weighted by Crippen LogP contribution is 2.24. The molecular weight excluding hydrogens is 296 g/mol. The number of carbonyl (C=O) groups excluding carboxylic acids is 1. The van der Waals surface area contributed by atoms with Crippen LogP contribution in [0.15, 0.2) is 34.9 Å². The van der Waals surface area contributed by atoms with Crippen molar-refractivity contribution in [3.8, 4) is 5.75 Å². The van der Waals surface area contributed by atoms with Crippen LogP contribution in [-0.4, -0.2) is 22.7 Å². The second-order valence-electron chi connectivity index (χ2n) is 3.93. The van der Waals surface area contributed by atoms with E-state index in [-0.39, 0.29) is 12.2 Å². The largest absolute Gasteiger partial charge is 0.496 e. The lowest BCUT2D eigenvalue weighted by molar-refractivity contribution is 0.0986. The third kappa shape index (κ3) is 2.79. The number of carbonyl (C=O) groups is 1. The third-order valence-electron chi connectivity index (χ3n) is 2.59. The molecule has 0 N–H and O–H groups in total. The Morgan fingerprint density at radius 3 is 2.83 bits per heavy atom. The molecule has 0 saturated heterocycles. The molecule has 4 nitrogen and oxygen atoms in total. The van der Waals surface area contributed by atoms with E-state index in [2.05, 4.69) is 21.0 Å². The Bertz CT molecular complexity index is 578. The zero-order chi connectivity index (χ0) is 13.1. The summed E-state index contributed by atoms with van der Waals surface area (Å²) >= 11 is 3.39. The Labute approximate surface area is 114 Å². The van der Waals surface area contributed by atoms with Crippen LogP contribution in [0.3, 0.4) is 0 Å². The molecule has 2 aromatic rings. The fourth-order valence-electron chi connectivity index (χ4n) is 1.71. The summed E-state index contributed by atoms with van der Waals surface area (Å²) in [6, 6.07) is 7.32. The van der Waals surface area contributed by atoms with E-state index in [9.17, 15) is 4.79 Å². The first-order valence-electron chi connectivity index (χ1n) is 5.45.